The second kappa shape index (κ2) is 11.9. The molecule has 2 fully saturated rings. The SMILES string of the molecule is CC(C)(C)[Si](C)(C)O[C@H]1CC[C@@]2(C)C(=CC[C@@H]3[C@@H]2CC[C@]2(C)C(Sc4nc(-c5ccccc5)nc(-c5ccccc5)n4)=CC[C@@H]32)C1. The predicted octanol–water partition coefficient (Wildman–Crippen LogP) is 11.1. The van der Waals surface area contributed by atoms with Crippen LogP contribution in [-0.2, 0) is 4.43 Å². The molecule has 0 saturated heterocycles. The zero-order chi connectivity index (χ0) is 32.3. The van der Waals surface area contributed by atoms with E-state index in [-0.39, 0.29) is 10.5 Å². The fraction of sp³-hybridized carbons (Fsp3) is 0.525. The third-order valence-electron chi connectivity index (χ3n) is 12.7. The van der Waals surface area contributed by atoms with Gasteiger partial charge in [-0.15, -0.1) is 0 Å². The lowest BCUT2D eigenvalue weighted by Gasteiger charge is -2.58. The summed E-state index contributed by atoms with van der Waals surface area (Å²) in [4.78, 5) is 16.5. The average molecular weight is 650 g/mol. The number of benzene rings is 2. The molecule has 2 saturated carbocycles. The summed E-state index contributed by atoms with van der Waals surface area (Å²) < 4.78 is 6.97. The third kappa shape index (κ3) is 5.66. The molecule has 0 amide bonds. The zero-order valence-electron chi connectivity index (χ0n) is 28.8. The highest BCUT2D eigenvalue weighted by atomic mass is 32.2. The lowest BCUT2D eigenvalue weighted by Crippen LogP contribution is -2.51. The Morgan fingerprint density at radius 2 is 1.37 bits per heavy atom. The molecular weight excluding hydrogens is 599 g/mol. The van der Waals surface area contributed by atoms with Crippen LogP contribution in [0, 0.1) is 28.6 Å². The van der Waals surface area contributed by atoms with E-state index in [9.17, 15) is 0 Å². The van der Waals surface area contributed by atoms with Gasteiger partial charge in [0.15, 0.2) is 25.1 Å². The van der Waals surface area contributed by atoms with Gasteiger partial charge in [-0.1, -0.05) is 125 Å². The summed E-state index contributed by atoms with van der Waals surface area (Å²) in [5, 5.41) is 1.06. The average Bonchev–Trinajstić information content (AvgIpc) is 3.37. The predicted molar refractivity (Wildman–Crippen MR) is 194 cm³/mol. The Bertz CT molecular complexity index is 1590. The van der Waals surface area contributed by atoms with Gasteiger partial charge < -0.3 is 4.43 Å². The van der Waals surface area contributed by atoms with Crippen molar-refractivity contribution < 1.29 is 4.43 Å². The van der Waals surface area contributed by atoms with Crippen molar-refractivity contribution in [2.45, 2.75) is 109 Å². The summed E-state index contributed by atoms with van der Waals surface area (Å²) in [6.07, 6.45) is 14.1. The van der Waals surface area contributed by atoms with E-state index >= 15 is 0 Å². The molecule has 1 aromatic heterocycles. The van der Waals surface area contributed by atoms with E-state index in [1.54, 1.807) is 17.3 Å². The van der Waals surface area contributed by atoms with Crippen LogP contribution in [0.4, 0.5) is 0 Å². The first-order valence-corrected chi connectivity index (χ1v) is 21.2. The summed E-state index contributed by atoms with van der Waals surface area (Å²) in [6, 6.07) is 20.6. The number of hydrogen-bond donors (Lipinski definition) is 0. The number of nitrogens with zero attached hydrogens (tertiary/aromatic N) is 3. The van der Waals surface area contributed by atoms with Crippen molar-refractivity contribution in [3.05, 3.63) is 83.3 Å². The fourth-order valence-corrected chi connectivity index (χ4v) is 11.5. The molecule has 0 radical (unpaired) electrons. The lowest BCUT2D eigenvalue weighted by atomic mass is 9.48. The van der Waals surface area contributed by atoms with Crippen molar-refractivity contribution >= 4 is 20.1 Å². The number of rotatable bonds is 6. The molecule has 0 unspecified atom stereocenters. The minimum Gasteiger partial charge on any atom is -0.414 e. The first kappa shape index (κ1) is 32.0. The fourth-order valence-electron chi connectivity index (χ4n) is 8.94. The first-order chi connectivity index (χ1) is 21.9. The molecule has 6 atom stereocenters. The first-order valence-electron chi connectivity index (χ1n) is 17.5. The number of hydrogen-bond acceptors (Lipinski definition) is 5. The number of thioether (sulfide) groups is 1. The highest BCUT2D eigenvalue weighted by molar-refractivity contribution is 8.03. The maximum Gasteiger partial charge on any atom is 0.196 e. The Labute approximate surface area is 282 Å². The van der Waals surface area contributed by atoms with E-state index in [0.29, 0.717) is 17.4 Å². The summed E-state index contributed by atoms with van der Waals surface area (Å²) in [5.74, 6) is 3.66. The van der Waals surface area contributed by atoms with Crippen LogP contribution in [0.3, 0.4) is 0 Å². The molecule has 4 aliphatic carbocycles. The maximum absolute atomic E-state index is 6.97. The van der Waals surface area contributed by atoms with Gasteiger partial charge in [-0.2, -0.15) is 0 Å². The Morgan fingerprint density at radius 3 is 1.98 bits per heavy atom. The van der Waals surface area contributed by atoms with Crippen LogP contribution in [0.25, 0.3) is 22.8 Å². The van der Waals surface area contributed by atoms with Gasteiger partial charge in [0.25, 0.3) is 0 Å². The standard InChI is InChI=1S/C40H51N3OSSi/c1-38(2,3)46(6,7)44-30-22-24-39(4)29(26-30)18-19-31-32-20-21-34(40(32,5)25-23-33(31)39)45-37-42-35(27-14-10-8-11-15-27)41-36(43-37)28-16-12-9-13-17-28/h8-18,21,30-33H,19-20,22-26H2,1-7H3/t30-,31-,32-,33-,39-,40-/m0/s1. The largest absolute Gasteiger partial charge is 0.414 e. The highest BCUT2D eigenvalue weighted by Gasteiger charge is 2.57. The number of fused-ring (bicyclic) bond motifs is 5. The maximum atomic E-state index is 6.97. The molecule has 0 spiro atoms. The smallest absolute Gasteiger partial charge is 0.196 e. The van der Waals surface area contributed by atoms with Crippen molar-refractivity contribution in [1.82, 2.24) is 15.0 Å². The molecule has 3 aromatic rings. The molecule has 242 valence electrons. The lowest BCUT2D eigenvalue weighted by molar-refractivity contribution is -0.0259. The van der Waals surface area contributed by atoms with Crippen molar-refractivity contribution in [2.75, 3.05) is 0 Å². The van der Waals surface area contributed by atoms with E-state index in [1.807, 2.05) is 12.1 Å². The van der Waals surface area contributed by atoms with Crippen LogP contribution in [0.2, 0.25) is 18.1 Å². The summed E-state index contributed by atoms with van der Waals surface area (Å²) in [5.41, 5.74) is 4.24. The van der Waals surface area contributed by atoms with Crippen LogP contribution >= 0.6 is 11.8 Å². The van der Waals surface area contributed by atoms with Gasteiger partial charge in [0.2, 0.25) is 0 Å². The topological polar surface area (TPSA) is 47.9 Å². The van der Waals surface area contributed by atoms with E-state index in [0.717, 1.165) is 46.2 Å². The Balaban J connectivity index is 1.12. The zero-order valence-corrected chi connectivity index (χ0v) is 30.7. The molecule has 2 aromatic carbocycles. The monoisotopic (exact) mass is 649 g/mol. The Kier molecular flexibility index (Phi) is 8.25. The second-order valence-corrected chi connectivity index (χ2v) is 22.1. The van der Waals surface area contributed by atoms with Crippen molar-refractivity contribution in [3.63, 3.8) is 0 Å². The van der Waals surface area contributed by atoms with Crippen molar-refractivity contribution in [1.29, 1.82) is 0 Å². The van der Waals surface area contributed by atoms with Gasteiger partial charge in [0.1, 0.15) is 0 Å². The Morgan fingerprint density at radius 1 is 0.761 bits per heavy atom. The van der Waals surface area contributed by atoms with E-state index in [2.05, 4.69) is 108 Å². The summed E-state index contributed by atoms with van der Waals surface area (Å²) in [7, 11) is -1.77. The van der Waals surface area contributed by atoms with Crippen molar-refractivity contribution in [3.8, 4) is 22.8 Å². The molecule has 4 aliphatic rings. The Hall–Kier alpha value is -2.54. The minimum atomic E-state index is -1.77. The molecule has 6 heteroatoms. The van der Waals surface area contributed by atoms with E-state index < -0.39 is 8.32 Å². The van der Waals surface area contributed by atoms with Gasteiger partial charge in [-0.3, -0.25) is 0 Å². The second-order valence-electron chi connectivity index (χ2n) is 16.4. The minimum absolute atomic E-state index is 0.169. The van der Waals surface area contributed by atoms with E-state index in [4.69, 9.17) is 19.4 Å². The van der Waals surface area contributed by atoms with Crippen LogP contribution in [-0.4, -0.2) is 29.4 Å². The van der Waals surface area contributed by atoms with Crippen LogP contribution in [0.1, 0.15) is 79.6 Å². The van der Waals surface area contributed by atoms with Crippen LogP contribution in [0.5, 0.6) is 0 Å². The van der Waals surface area contributed by atoms with E-state index in [1.165, 1.54) is 43.4 Å². The number of allylic oxidation sites excluding steroid dienone is 3. The van der Waals surface area contributed by atoms with Gasteiger partial charge in [0.05, 0.1) is 0 Å². The highest BCUT2D eigenvalue weighted by Crippen LogP contribution is 2.66. The molecule has 4 nitrogen and oxygen atoms in total. The number of aromatic nitrogens is 3. The third-order valence-corrected chi connectivity index (χ3v) is 18.5. The molecule has 1 heterocycles. The summed E-state index contributed by atoms with van der Waals surface area (Å²) >= 11 is 1.79. The van der Waals surface area contributed by atoms with Crippen LogP contribution in [0.15, 0.2) is 88.5 Å². The molecule has 0 bridgehead atoms. The van der Waals surface area contributed by atoms with Gasteiger partial charge >= 0.3 is 0 Å². The normalized spacial score (nSPS) is 30.9. The van der Waals surface area contributed by atoms with Gasteiger partial charge in [-0.05, 0) is 91.2 Å². The molecule has 0 N–H and O–H groups in total. The quantitative estimate of drug-likeness (QED) is 0.196. The molecular formula is C40H51N3OSSi. The molecule has 0 aliphatic heterocycles. The van der Waals surface area contributed by atoms with Crippen LogP contribution < -0.4 is 0 Å². The summed E-state index contributed by atoms with van der Waals surface area (Å²) in [6.45, 7) is 17.1. The van der Waals surface area contributed by atoms with Gasteiger partial charge in [-0.25, -0.2) is 15.0 Å². The van der Waals surface area contributed by atoms with Gasteiger partial charge in [0, 0.05) is 22.6 Å². The molecule has 46 heavy (non-hydrogen) atoms. The van der Waals surface area contributed by atoms with Crippen molar-refractivity contribution in [2.24, 2.45) is 28.6 Å². The molecule has 7 rings (SSSR count).